The van der Waals surface area contributed by atoms with Crippen LogP contribution in [0, 0.1) is 0 Å². The minimum absolute atomic E-state index is 0.986. The van der Waals surface area contributed by atoms with Gasteiger partial charge in [0.1, 0.15) is 0 Å². The van der Waals surface area contributed by atoms with Gasteiger partial charge in [-0.05, 0) is 59.7 Å². The van der Waals surface area contributed by atoms with Gasteiger partial charge in [0.25, 0.3) is 0 Å². The number of fused-ring (bicyclic) bond motifs is 10. The van der Waals surface area contributed by atoms with E-state index in [1.54, 1.807) is 11.3 Å². The van der Waals surface area contributed by atoms with Crippen LogP contribution in [0.25, 0.3) is 99.8 Å². The highest BCUT2D eigenvalue weighted by atomic mass is 32.1. The Balaban J connectivity index is 1.20. The summed E-state index contributed by atoms with van der Waals surface area (Å²) in [6.45, 7) is 0. The number of thiophene rings is 2. The monoisotopic (exact) mass is 664 g/mol. The van der Waals surface area contributed by atoms with Crippen molar-refractivity contribution in [1.29, 1.82) is 0 Å². The molecule has 0 saturated carbocycles. The molecule has 0 aliphatic heterocycles. The maximum Gasteiger partial charge on any atom is 0.195 e. The summed E-state index contributed by atoms with van der Waals surface area (Å²) in [5.41, 5.74) is 8.20. The zero-order valence-corrected chi connectivity index (χ0v) is 27.9. The molecular weight excluding hydrogens is 641 g/mol. The predicted octanol–water partition coefficient (Wildman–Crippen LogP) is 13.5. The molecule has 0 amide bonds. The van der Waals surface area contributed by atoms with Gasteiger partial charge in [0, 0.05) is 62.2 Å². The number of thiazole rings is 1. The molecule has 4 heterocycles. The lowest BCUT2D eigenvalue weighted by atomic mass is 9.97. The molecule has 48 heavy (non-hydrogen) atoms. The quantitative estimate of drug-likeness (QED) is 0.184. The third-order valence-electron chi connectivity index (χ3n) is 9.68. The normalized spacial score (nSPS) is 12.2. The van der Waals surface area contributed by atoms with E-state index < -0.39 is 0 Å². The topological polar surface area (TPSA) is 17.8 Å². The molecule has 0 saturated heterocycles. The smallest absolute Gasteiger partial charge is 0.195 e. The van der Waals surface area contributed by atoms with Gasteiger partial charge in [-0.1, -0.05) is 108 Å². The Bertz CT molecular complexity index is 2880. The van der Waals surface area contributed by atoms with Gasteiger partial charge in [-0.15, -0.1) is 22.7 Å². The minimum atomic E-state index is 0.986. The van der Waals surface area contributed by atoms with Crippen molar-refractivity contribution >= 4 is 106 Å². The van der Waals surface area contributed by atoms with Crippen molar-refractivity contribution in [2.24, 2.45) is 0 Å². The van der Waals surface area contributed by atoms with E-state index in [0.717, 1.165) is 16.2 Å². The lowest BCUT2D eigenvalue weighted by Crippen LogP contribution is -1.92. The average Bonchev–Trinajstić information content (AvgIpc) is 3.91. The number of para-hydroxylation sites is 2. The molecule has 0 unspecified atom stereocenters. The lowest BCUT2D eigenvalue weighted by molar-refractivity contribution is 1.15. The maximum absolute atomic E-state index is 5.54. The van der Waals surface area contributed by atoms with Crippen LogP contribution in [0.15, 0.2) is 146 Å². The zero-order valence-electron chi connectivity index (χ0n) is 25.5. The van der Waals surface area contributed by atoms with E-state index in [9.17, 15) is 0 Å². The van der Waals surface area contributed by atoms with E-state index >= 15 is 0 Å². The first-order valence-corrected chi connectivity index (χ1v) is 18.5. The van der Waals surface area contributed by atoms with Gasteiger partial charge in [-0.2, -0.15) is 0 Å². The molecule has 0 fully saturated rings. The molecule has 224 valence electrons. The largest absolute Gasteiger partial charge is 0.285 e. The molecule has 0 aliphatic carbocycles. The van der Waals surface area contributed by atoms with Crippen LogP contribution in [0.4, 0.5) is 0 Å². The Morgan fingerprint density at radius 2 is 0.875 bits per heavy atom. The molecule has 5 heteroatoms. The summed E-state index contributed by atoms with van der Waals surface area (Å²) in [6, 6.07) is 53.3. The van der Waals surface area contributed by atoms with Crippen molar-refractivity contribution in [2.75, 3.05) is 0 Å². The lowest BCUT2D eigenvalue weighted by Gasteiger charge is -2.09. The fourth-order valence-corrected chi connectivity index (χ4v) is 10.8. The van der Waals surface area contributed by atoms with Crippen molar-refractivity contribution in [2.45, 2.75) is 0 Å². The summed E-state index contributed by atoms with van der Waals surface area (Å²) in [5.74, 6) is 0. The summed E-state index contributed by atoms with van der Waals surface area (Å²) in [6.07, 6.45) is 0. The van der Waals surface area contributed by atoms with Gasteiger partial charge in [0.15, 0.2) is 5.13 Å². The first-order valence-electron chi connectivity index (χ1n) is 16.0. The molecule has 0 N–H and O–H groups in total. The first-order chi connectivity index (χ1) is 23.8. The summed E-state index contributed by atoms with van der Waals surface area (Å²) in [5, 5.41) is 8.73. The van der Waals surface area contributed by atoms with Crippen LogP contribution in [0.1, 0.15) is 0 Å². The SMILES string of the molecule is c1ccc2c(c1)sc1ccc(-c3ccc(-c4ccc5sc6ccccc6c5c4)c4sc(-n5c6ccccc6c6ccccc65)nc34)cc12. The first kappa shape index (κ1) is 26.7. The van der Waals surface area contributed by atoms with Crippen molar-refractivity contribution < 1.29 is 0 Å². The number of rotatable bonds is 3. The average molecular weight is 665 g/mol. The molecule has 4 aromatic heterocycles. The fraction of sp³-hybridized carbons (Fsp3) is 0. The van der Waals surface area contributed by atoms with Crippen molar-refractivity contribution in [3.8, 4) is 27.4 Å². The third-order valence-corrected chi connectivity index (χ3v) is 13.1. The molecule has 0 atom stereocenters. The van der Waals surface area contributed by atoms with Gasteiger partial charge < -0.3 is 0 Å². The third kappa shape index (κ3) is 3.81. The zero-order chi connectivity index (χ0) is 31.3. The Morgan fingerprint density at radius 1 is 0.396 bits per heavy atom. The Labute approximate surface area is 287 Å². The second-order valence-corrected chi connectivity index (χ2v) is 15.5. The van der Waals surface area contributed by atoms with Gasteiger partial charge >= 0.3 is 0 Å². The second kappa shape index (κ2) is 10.1. The number of hydrogen-bond acceptors (Lipinski definition) is 4. The van der Waals surface area contributed by atoms with Crippen LogP contribution in [0.2, 0.25) is 0 Å². The van der Waals surface area contributed by atoms with E-state index in [1.807, 2.05) is 22.7 Å². The second-order valence-electron chi connectivity index (χ2n) is 12.3. The molecule has 0 aliphatic rings. The highest BCUT2D eigenvalue weighted by molar-refractivity contribution is 7.26. The summed E-state index contributed by atoms with van der Waals surface area (Å²) < 4.78 is 8.84. The highest BCUT2D eigenvalue weighted by Gasteiger charge is 2.20. The molecule has 7 aromatic carbocycles. The Hall–Kier alpha value is -5.33. The van der Waals surface area contributed by atoms with Crippen LogP contribution in [0.3, 0.4) is 0 Å². The number of benzene rings is 7. The molecule has 2 nitrogen and oxygen atoms in total. The maximum atomic E-state index is 5.54. The Morgan fingerprint density at radius 3 is 1.48 bits per heavy atom. The van der Waals surface area contributed by atoms with Crippen LogP contribution in [0.5, 0.6) is 0 Å². The number of aromatic nitrogens is 2. The predicted molar refractivity (Wildman–Crippen MR) is 211 cm³/mol. The van der Waals surface area contributed by atoms with E-state index in [0.29, 0.717) is 0 Å². The van der Waals surface area contributed by atoms with Crippen LogP contribution >= 0.6 is 34.0 Å². The molecule has 0 radical (unpaired) electrons. The van der Waals surface area contributed by atoms with Crippen molar-refractivity contribution in [3.63, 3.8) is 0 Å². The molecule has 11 aromatic rings. The summed E-state index contributed by atoms with van der Waals surface area (Å²) in [7, 11) is 0. The fourth-order valence-electron chi connectivity index (χ4n) is 7.47. The van der Waals surface area contributed by atoms with Gasteiger partial charge in [0.2, 0.25) is 0 Å². The molecule has 0 spiro atoms. The minimum Gasteiger partial charge on any atom is -0.285 e. The van der Waals surface area contributed by atoms with Gasteiger partial charge in [-0.25, -0.2) is 4.98 Å². The van der Waals surface area contributed by atoms with Crippen LogP contribution in [-0.4, -0.2) is 9.55 Å². The summed E-state index contributed by atoms with van der Waals surface area (Å²) in [4.78, 5) is 5.54. The Kier molecular flexibility index (Phi) is 5.61. The number of hydrogen-bond donors (Lipinski definition) is 0. The van der Waals surface area contributed by atoms with E-state index in [4.69, 9.17) is 4.98 Å². The van der Waals surface area contributed by atoms with Gasteiger partial charge in [0.05, 0.1) is 21.3 Å². The summed E-state index contributed by atoms with van der Waals surface area (Å²) >= 11 is 5.51. The van der Waals surface area contributed by atoms with Crippen LogP contribution in [-0.2, 0) is 0 Å². The standard InChI is InChI=1S/C43H24N2S3/c1-5-13-35-29(9-1)30-10-2-6-14-36(30)45(35)43-44-41-27(25-17-21-39-33(23-25)31-11-3-7-15-37(31)46-39)19-20-28(42(41)48-43)26-18-22-40-34(24-26)32-12-4-8-16-38(32)47-40/h1-24H. The molecular formula is C43H24N2S3. The molecule has 11 rings (SSSR count). The van der Waals surface area contributed by atoms with Gasteiger partial charge in [-0.3, -0.25) is 4.57 Å². The van der Waals surface area contributed by atoms with Crippen molar-refractivity contribution in [3.05, 3.63) is 146 Å². The molecule has 0 bridgehead atoms. The van der Waals surface area contributed by atoms with Crippen molar-refractivity contribution in [1.82, 2.24) is 9.55 Å². The number of nitrogens with zero attached hydrogens (tertiary/aromatic N) is 2. The van der Waals surface area contributed by atoms with Crippen LogP contribution < -0.4 is 0 Å². The highest BCUT2D eigenvalue weighted by Crippen LogP contribution is 2.45. The van der Waals surface area contributed by atoms with E-state index in [1.165, 1.54) is 83.5 Å². The van der Waals surface area contributed by atoms with E-state index in [2.05, 4.69) is 150 Å². The van der Waals surface area contributed by atoms with E-state index in [-0.39, 0.29) is 0 Å².